The summed E-state index contributed by atoms with van der Waals surface area (Å²) >= 11 is 0. The molecule has 0 aliphatic carbocycles. The van der Waals surface area contributed by atoms with Crippen molar-refractivity contribution >= 4 is 17.8 Å². The van der Waals surface area contributed by atoms with Crippen LogP contribution in [-0.2, 0) is 11.3 Å². The van der Waals surface area contributed by atoms with Crippen molar-refractivity contribution in [2.24, 2.45) is 0 Å². The van der Waals surface area contributed by atoms with Crippen molar-refractivity contribution < 1.29 is 14.3 Å². The highest BCUT2D eigenvalue weighted by Crippen LogP contribution is 2.36. The van der Waals surface area contributed by atoms with Gasteiger partial charge in [0.25, 0.3) is 5.91 Å². The molecular weight excluding hydrogens is 438 g/mol. The predicted octanol–water partition coefficient (Wildman–Crippen LogP) is 4.14. The maximum Gasteiger partial charge on any atom is 0.255 e. The second kappa shape index (κ2) is 9.67. The number of ether oxygens (including phenoxy) is 1. The molecule has 5 rings (SSSR count). The van der Waals surface area contributed by atoms with E-state index in [1.54, 1.807) is 42.5 Å². The molecule has 0 radical (unpaired) electrons. The summed E-state index contributed by atoms with van der Waals surface area (Å²) in [4.78, 5) is 30.1. The summed E-state index contributed by atoms with van der Waals surface area (Å²) in [6.45, 7) is 3.29. The third-order valence-corrected chi connectivity index (χ3v) is 6.70. The van der Waals surface area contributed by atoms with E-state index in [2.05, 4.69) is 17.0 Å². The Hall–Kier alpha value is -4.05. The van der Waals surface area contributed by atoms with Crippen LogP contribution in [0.1, 0.15) is 37.4 Å². The molecule has 0 bridgehead atoms. The molecule has 2 aliphatic heterocycles. The Labute approximate surface area is 204 Å². The van der Waals surface area contributed by atoms with Crippen LogP contribution in [0.25, 0.3) is 6.08 Å². The van der Waals surface area contributed by atoms with Crippen LogP contribution in [0.2, 0.25) is 0 Å². The zero-order valence-electron chi connectivity index (χ0n) is 19.3. The number of benzene rings is 3. The molecule has 6 heteroatoms. The summed E-state index contributed by atoms with van der Waals surface area (Å²) in [5.74, 6) is -0.148. The van der Waals surface area contributed by atoms with Crippen LogP contribution in [0.4, 0.5) is 0 Å². The molecule has 35 heavy (non-hydrogen) atoms. The average molecular weight is 464 g/mol. The summed E-state index contributed by atoms with van der Waals surface area (Å²) in [5.41, 5.74) is 3.32. The Balaban J connectivity index is 1.26. The molecule has 0 N–H and O–H groups in total. The van der Waals surface area contributed by atoms with Gasteiger partial charge in [0.15, 0.2) is 5.78 Å². The van der Waals surface area contributed by atoms with Crippen molar-refractivity contribution in [3.63, 3.8) is 0 Å². The minimum Gasteiger partial charge on any atom is -0.374 e. The van der Waals surface area contributed by atoms with E-state index in [0.29, 0.717) is 36.4 Å². The van der Waals surface area contributed by atoms with Crippen LogP contribution in [0.5, 0.6) is 0 Å². The Morgan fingerprint density at radius 1 is 0.914 bits per heavy atom. The van der Waals surface area contributed by atoms with E-state index in [1.807, 2.05) is 41.3 Å². The van der Waals surface area contributed by atoms with E-state index < -0.39 is 0 Å². The predicted molar refractivity (Wildman–Crippen MR) is 132 cm³/mol. The van der Waals surface area contributed by atoms with Gasteiger partial charge in [0.1, 0.15) is 5.66 Å². The van der Waals surface area contributed by atoms with E-state index in [-0.39, 0.29) is 17.4 Å². The van der Waals surface area contributed by atoms with E-state index >= 15 is 0 Å². The lowest BCUT2D eigenvalue weighted by molar-refractivity contribution is -0.176. The third kappa shape index (κ3) is 4.52. The number of carbonyl (C=O) groups excluding carboxylic acids is 2. The van der Waals surface area contributed by atoms with E-state index in [4.69, 9.17) is 10.00 Å². The number of amides is 1. The molecule has 2 fully saturated rings. The Morgan fingerprint density at radius 3 is 2.23 bits per heavy atom. The summed E-state index contributed by atoms with van der Waals surface area (Å²) in [5, 5.41) is 8.88. The SMILES string of the molecule is N#Cc1ccc(C(=O)/C=C/c2ccc(C(=O)N3CCN(Cc4ccccc4)C34COC4)cc2)cc1. The number of nitrogens with zero attached hydrogens (tertiary/aromatic N) is 3. The molecule has 3 aromatic carbocycles. The lowest BCUT2D eigenvalue weighted by Crippen LogP contribution is -2.67. The van der Waals surface area contributed by atoms with E-state index in [1.165, 1.54) is 11.6 Å². The number of hydrogen-bond donors (Lipinski definition) is 0. The fourth-order valence-corrected chi connectivity index (χ4v) is 4.62. The van der Waals surface area contributed by atoms with Gasteiger partial charge in [-0.1, -0.05) is 48.5 Å². The maximum absolute atomic E-state index is 13.4. The highest BCUT2D eigenvalue weighted by molar-refractivity contribution is 6.06. The summed E-state index contributed by atoms with van der Waals surface area (Å²) in [6, 6.07) is 26.2. The highest BCUT2D eigenvalue weighted by Gasteiger charge is 2.54. The average Bonchev–Trinajstić information content (AvgIpc) is 3.27. The molecule has 2 aliphatic rings. The lowest BCUT2D eigenvalue weighted by atomic mass is 10.0. The number of allylic oxidation sites excluding steroid dienone is 1. The van der Waals surface area contributed by atoms with E-state index in [0.717, 1.165) is 18.7 Å². The Morgan fingerprint density at radius 2 is 1.60 bits per heavy atom. The number of hydrogen-bond acceptors (Lipinski definition) is 5. The van der Waals surface area contributed by atoms with Crippen molar-refractivity contribution in [3.8, 4) is 6.07 Å². The molecule has 2 heterocycles. The standard InChI is InChI=1S/C29H25N3O3/c30-18-23-8-11-25(12-9-23)27(33)15-10-22-6-13-26(14-7-22)28(34)32-17-16-31(29(32)20-35-21-29)19-24-4-2-1-3-5-24/h1-15H,16-17,19-21H2/b15-10+. The molecule has 3 aromatic rings. The molecule has 0 atom stereocenters. The van der Waals surface area contributed by atoms with Crippen LogP contribution in [0, 0.1) is 11.3 Å². The van der Waals surface area contributed by atoms with Gasteiger partial charge in [-0.2, -0.15) is 5.26 Å². The summed E-state index contributed by atoms with van der Waals surface area (Å²) in [7, 11) is 0. The van der Waals surface area contributed by atoms with Gasteiger partial charge in [-0.25, -0.2) is 0 Å². The third-order valence-electron chi connectivity index (χ3n) is 6.70. The molecule has 0 unspecified atom stereocenters. The van der Waals surface area contributed by atoms with Gasteiger partial charge < -0.3 is 9.64 Å². The molecule has 6 nitrogen and oxygen atoms in total. The smallest absolute Gasteiger partial charge is 0.255 e. The number of rotatable bonds is 6. The number of ketones is 1. The van der Waals surface area contributed by atoms with Crippen molar-refractivity contribution in [2.75, 3.05) is 26.3 Å². The Bertz CT molecular complexity index is 1290. The van der Waals surface area contributed by atoms with E-state index in [9.17, 15) is 9.59 Å². The fraction of sp³-hybridized carbons (Fsp3) is 0.207. The van der Waals surface area contributed by atoms with Gasteiger partial charge in [-0.15, -0.1) is 0 Å². The molecular formula is C29H25N3O3. The first-order valence-corrected chi connectivity index (χ1v) is 11.6. The minimum atomic E-state index is -0.390. The van der Waals surface area contributed by atoms with Crippen molar-refractivity contribution in [2.45, 2.75) is 12.2 Å². The second-order valence-corrected chi connectivity index (χ2v) is 8.85. The molecule has 0 aromatic heterocycles. The van der Waals surface area contributed by atoms with Crippen molar-refractivity contribution in [1.29, 1.82) is 5.26 Å². The first-order chi connectivity index (χ1) is 17.1. The molecule has 0 saturated carbocycles. The Kier molecular flexibility index (Phi) is 6.28. The van der Waals surface area contributed by atoms with Gasteiger partial charge in [-0.05, 0) is 53.6 Å². The van der Waals surface area contributed by atoms with Crippen molar-refractivity contribution in [1.82, 2.24) is 9.80 Å². The summed E-state index contributed by atoms with van der Waals surface area (Å²) in [6.07, 6.45) is 3.23. The molecule has 2 saturated heterocycles. The topological polar surface area (TPSA) is 73.6 Å². The number of carbonyl (C=O) groups is 2. The molecule has 1 amide bonds. The van der Waals surface area contributed by atoms with Crippen LogP contribution >= 0.6 is 0 Å². The molecule has 174 valence electrons. The number of nitriles is 1. The maximum atomic E-state index is 13.4. The van der Waals surface area contributed by atoms with Crippen LogP contribution < -0.4 is 0 Å². The van der Waals surface area contributed by atoms with Crippen LogP contribution in [0.3, 0.4) is 0 Å². The van der Waals surface area contributed by atoms with Crippen LogP contribution in [-0.4, -0.2) is 53.5 Å². The zero-order valence-corrected chi connectivity index (χ0v) is 19.3. The van der Waals surface area contributed by atoms with Gasteiger partial charge in [0.2, 0.25) is 0 Å². The first kappa shape index (κ1) is 22.7. The van der Waals surface area contributed by atoms with Gasteiger partial charge in [0, 0.05) is 30.8 Å². The normalized spacial score (nSPS) is 16.8. The largest absolute Gasteiger partial charge is 0.374 e. The van der Waals surface area contributed by atoms with Crippen molar-refractivity contribution in [3.05, 3.63) is 113 Å². The van der Waals surface area contributed by atoms with Crippen LogP contribution in [0.15, 0.2) is 84.9 Å². The van der Waals surface area contributed by atoms with Gasteiger partial charge in [0.05, 0.1) is 24.8 Å². The first-order valence-electron chi connectivity index (χ1n) is 11.6. The second-order valence-electron chi connectivity index (χ2n) is 8.85. The molecule has 1 spiro atoms. The quantitative estimate of drug-likeness (QED) is 0.406. The fourth-order valence-electron chi connectivity index (χ4n) is 4.62. The highest BCUT2D eigenvalue weighted by atomic mass is 16.5. The van der Waals surface area contributed by atoms with Gasteiger partial charge in [-0.3, -0.25) is 14.5 Å². The lowest BCUT2D eigenvalue weighted by Gasteiger charge is -2.49. The minimum absolute atomic E-state index is 0.00643. The monoisotopic (exact) mass is 463 g/mol. The zero-order chi connectivity index (χ0) is 24.3. The summed E-state index contributed by atoms with van der Waals surface area (Å²) < 4.78 is 5.57. The van der Waals surface area contributed by atoms with Gasteiger partial charge >= 0.3 is 0 Å².